The lowest BCUT2D eigenvalue weighted by molar-refractivity contribution is -0.200. The highest BCUT2D eigenvalue weighted by atomic mass is 16.7. The van der Waals surface area contributed by atoms with Crippen molar-refractivity contribution in [1.29, 1.82) is 0 Å². The minimum absolute atomic E-state index is 0.161. The van der Waals surface area contributed by atoms with Gasteiger partial charge >= 0.3 is 18.2 Å². The van der Waals surface area contributed by atoms with Crippen LogP contribution in [-0.2, 0) is 30.4 Å². The number of methoxy groups -OCH3 is 1. The number of benzene rings is 1. The van der Waals surface area contributed by atoms with Gasteiger partial charge in [0.1, 0.15) is 0 Å². The maximum atomic E-state index is 11.2. The molecule has 0 fully saturated rings. The summed E-state index contributed by atoms with van der Waals surface area (Å²) in [6, 6.07) is 9.23. The molecule has 0 N–H and O–H groups in total. The molecule has 0 aliphatic carbocycles. The van der Waals surface area contributed by atoms with Crippen LogP contribution < -0.4 is 0 Å². The van der Waals surface area contributed by atoms with Crippen molar-refractivity contribution < 1.29 is 23.8 Å². The van der Waals surface area contributed by atoms with Gasteiger partial charge in [0.15, 0.2) is 0 Å². The molecule has 0 bridgehead atoms. The Morgan fingerprint density at radius 2 is 1.88 bits per heavy atom. The third-order valence-corrected chi connectivity index (χ3v) is 1.91. The van der Waals surface area contributed by atoms with Gasteiger partial charge in [0, 0.05) is 6.92 Å². The van der Waals surface area contributed by atoms with E-state index < -0.39 is 18.2 Å². The number of carbonyl (C=O) groups excluding carboxylic acids is 2. The molecule has 0 saturated carbocycles. The zero-order chi connectivity index (χ0) is 12.7. The average molecular weight is 238 g/mol. The van der Waals surface area contributed by atoms with E-state index >= 15 is 0 Å². The van der Waals surface area contributed by atoms with Gasteiger partial charge < -0.3 is 14.2 Å². The zero-order valence-corrected chi connectivity index (χ0v) is 9.71. The van der Waals surface area contributed by atoms with Crippen molar-refractivity contribution in [3.05, 3.63) is 35.9 Å². The monoisotopic (exact) mass is 238 g/mol. The molecular formula is C12H14O5. The van der Waals surface area contributed by atoms with Crippen LogP contribution in [0.15, 0.2) is 30.3 Å². The average Bonchev–Trinajstić information content (AvgIpc) is 2.34. The number of rotatable bonds is 5. The largest absolute Gasteiger partial charge is 0.464 e. The van der Waals surface area contributed by atoms with E-state index in [9.17, 15) is 9.59 Å². The van der Waals surface area contributed by atoms with Crippen molar-refractivity contribution in [3.63, 3.8) is 0 Å². The Morgan fingerprint density at radius 1 is 1.24 bits per heavy atom. The second kappa shape index (κ2) is 6.65. The summed E-state index contributed by atoms with van der Waals surface area (Å²) in [7, 11) is 1.20. The van der Waals surface area contributed by atoms with Crippen LogP contribution >= 0.6 is 0 Å². The molecule has 0 aromatic heterocycles. The Hall–Kier alpha value is -1.88. The molecule has 0 aliphatic rings. The van der Waals surface area contributed by atoms with E-state index in [1.54, 1.807) is 0 Å². The van der Waals surface area contributed by atoms with Gasteiger partial charge in [-0.15, -0.1) is 0 Å². The maximum absolute atomic E-state index is 11.2. The summed E-state index contributed by atoms with van der Waals surface area (Å²) >= 11 is 0. The number of esters is 2. The van der Waals surface area contributed by atoms with Crippen molar-refractivity contribution in [3.8, 4) is 0 Å². The van der Waals surface area contributed by atoms with Gasteiger partial charge in [-0.3, -0.25) is 4.79 Å². The van der Waals surface area contributed by atoms with E-state index in [1.165, 1.54) is 14.0 Å². The molecule has 5 heteroatoms. The van der Waals surface area contributed by atoms with E-state index in [-0.39, 0.29) is 6.61 Å². The summed E-state index contributed by atoms with van der Waals surface area (Å²) in [5.41, 5.74) is 0.869. The molecular weight excluding hydrogens is 224 g/mol. The van der Waals surface area contributed by atoms with Gasteiger partial charge in [-0.05, 0) is 5.56 Å². The van der Waals surface area contributed by atoms with Crippen molar-refractivity contribution in [2.24, 2.45) is 0 Å². The number of carbonyl (C=O) groups is 2. The van der Waals surface area contributed by atoms with Crippen LogP contribution in [0, 0.1) is 0 Å². The Labute approximate surface area is 99.3 Å². The van der Waals surface area contributed by atoms with Crippen LogP contribution in [0.2, 0.25) is 0 Å². The first-order chi connectivity index (χ1) is 8.13. The van der Waals surface area contributed by atoms with Crippen LogP contribution in [0.3, 0.4) is 0 Å². The first-order valence-corrected chi connectivity index (χ1v) is 5.04. The first-order valence-electron chi connectivity index (χ1n) is 5.04. The molecule has 1 atom stereocenters. The summed E-state index contributed by atoms with van der Waals surface area (Å²) in [6.45, 7) is 1.36. The summed E-state index contributed by atoms with van der Waals surface area (Å²) in [4.78, 5) is 22.0. The van der Waals surface area contributed by atoms with Gasteiger partial charge in [0.2, 0.25) is 0 Å². The molecule has 0 saturated heterocycles. The van der Waals surface area contributed by atoms with Crippen molar-refractivity contribution in [1.82, 2.24) is 0 Å². The lowest BCUT2D eigenvalue weighted by Gasteiger charge is -2.15. The van der Waals surface area contributed by atoms with Crippen molar-refractivity contribution >= 4 is 11.9 Å². The maximum Gasteiger partial charge on any atom is 0.376 e. The van der Waals surface area contributed by atoms with Crippen LogP contribution in [0.4, 0.5) is 0 Å². The molecule has 1 aromatic rings. The Morgan fingerprint density at radius 3 is 2.41 bits per heavy atom. The third-order valence-electron chi connectivity index (χ3n) is 1.91. The zero-order valence-electron chi connectivity index (χ0n) is 9.71. The highest BCUT2D eigenvalue weighted by molar-refractivity contribution is 5.77. The fourth-order valence-corrected chi connectivity index (χ4v) is 1.14. The van der Waals surface area contributed by atoms with Crippen LogP contribution in [0.25, 0.3) is 0 Å². The van der Waals surface area contributed by atoms with E-state index in [4.69, 9.17) is 4.74 Å². The SMILES string of the molecule is COC(=O)C(OCc1ccccc1)OC(C)=O. The molecule has 0 radical (unpaired) electrons. The van der Waals surface area contributed by atoms with E-state index in [0.717, 1.165) is 5.56 Å². The fourth-order valence-electron chi connectivity index (χ4n) is 1.14. The molecule has 0 amide bonds. The standard InChI is InChI=1S/C12H14O5/c1-9(13)17-12(11(14)15-2)16-8-10-6-4-3-5-7-10/h3-7,12H,8H2,1-2H3. The van der Waals surface area contributed by atoms with Gasteiger partial charge in [-0.2, -0.15) is 0 Å². The molecule has 1 aromatic carbocycles. The summed E-state index contributed by atoms with van der Waals surface area (Å²) in [6.07, 6.45) is -1.32. The van der Waals surface area contributed by atoms with Crippen LogP contribution in [0.5, 0.6) is 0 Å². The first kappa shape index (κ1) is 13.2. The van der Waals surface area contributed by atoms with Gasteiger partial charge in [0.25, 0.3) is 0 Å². The third kappa shape index (κ3) is 4.65. The second-order valence-corrected chi connectivity index (χ2v) is 3.26. The minimum Gasteiger partial charge on any atom is -0.464 e. The number of hydrogen-bond donors (Lipinski definition) is 0. The molecule has 1 unspecified atom stereocenters. The van der Waals surface area contributed by atoms with E-state index in [0.29, 0.717) is 0 Å². The van der Waals surface area contributed by atoms with Crippen LogP contribution in [-0.4, -0.2) is 25.3 Å². The number of ether oxygens (including phenoxy) is 3. The molecule has 0 aliphatic heterocycles. The molecule has 5 nitrogen and oxygen atoms in total. The lowest BCUT2D eigenvalue weighted by Crippen LogP contribution is -2.30. The highest BCUT2D eigenvalue weighted by Crippen LogP contribution is 2.06. The Balaban J connectivity index is 2.55. The van der Waals surface area contributed by atoms with Crippen molar-refractivity contribution in [2.45, 2.75) is 19.8 Å². The molecule has 1 rings (SSSR count). The van der Waals surface area contributed by atoms with E-state index in [1.807, 2.05) is 30.3 Å². The normalized spacial score (nSPS) is 11.6. The summed E-state index contributed by atoms with van der Waals surface area (Å²) in [5, 5.41) is 0. The van der Waals surface area contributed by atoms with Crippen LogP contribution in [0.1, 0.15) is 12.5 Å². The topological polar surface area (TPSA) is 61.8 Å². The quantitative estimate of drug-likeness (QED) is 0.571. The Bertz CT molecular complexity index is 374. The van der Waals surface area contributed by atoms with Crippen molar-refractivity contribution in [2.75, 3.05) is 7.11 Å². The molecule has 17 heavy (non-hydrogen) atoms. The fraction of sp³-hybridized carbons (Fsp3) is 0.333. The van der Waals surface area contributed by atoms with E-state index in [2.05, 4.69) is 9.47 Å². The number of hydrogen-bond acceptors (Lipinski definition) is 5. The van der Waals surface area contributed by atoms with Gasteiger partial charge in [-0.25, -0.2) is 4.79 Å². The predicted molar refractivity (Wildman–Crippen MR) is 58.8 cm³/mol. The highest BCUT2D eigenvalue weighted by Gasteiger charge is 2.23. The summed E-state index contributed by atoms with van der Waals surface area (Å²) in [5.74, 6) is -1.34. The summed E-state index contributed by atoms with van der Waals surface area (Å²) < 4.78 is 14.3. The second-order valence-electron chi connectivity index (χ2n) is 3.26. The Kier molecular flexibility index (Phi) is 5.16. The molecule has 0 spiro atoms. The van der Waals surface area contributed by atoms with Gasteiger partial charge in [-0.1, -0.05) is 30.3 Å². The smallest absolute Gasteiger partial charge is 0.376 e. The molecule has 0 heterocycles. The van der Waals surface area contributed by atoms with Gasteiger partial charge in [0.05, 0.1) is 13.7 Å². The predicted octanol–water partition coefficient (Wildman–Crippen LogP) is 1.27. The minimum atomic E-state index is -1.32. The lowest BCUT2D eigenvalue weighted by atomic mass is 10.2. The molecule has 92 valence electrons.